The Kier molecular flexibility index (Phi) is 7.36. The van der Waals surface area contributed by atoms with Gasteiger partial charge in [-0.2, -0.15) is 0 Å². The summed E-state index contributed by atoms with van der Waals surface area (Å²) in [5, 5.41) is 0. The van der Waals surface area contributed by atoms with Gasteiger partial charge in [-0.25, -0.2) is 14.6 Å². The van der Waals surface area contributed by atoms with Crippen molar-refractivity contribution in [3.05, 3.63) is 65.3 Å². The molecule has 1 N–H and O–H groups in total. The number of benzene rings is 1. The molecule has 0 radical (unpaired) electrons. The summed E-state index contributed by atoms with van der Waals surface area (Å²) >= 11 is 0. The van der Waals surface area contributed by atoms with Crippen molar-refractivity contribution in [2.24, 2.45) is 0 Å². The van der Waals surface area contributed by atoms with E-state index in [4.69, 9.17) is 9.47 Å². The van der Waals surface area contributed by atoms with Crippen molar-refractivity contribution in [2.75, 3.05) is 13.2 Å². The molecule has 0 fully saturated rings. The summed E-state index contributed by atoms with van der Waals surface area (Å²) in [6.07, 6.45) is 10.2. The predicted octanol–water partition coefficient (Wildman–Crippen LogP) is 3.15. The molecule has 6 heteroatoms. The quantitative estimate of drug-likeness (QED) is 0.582. The molecule has 0 aliphatic rings. The summed E-state index contributed by atoms with van der Waals surface area (Å²) in [6, 6.07) is 5.79. The monoisotopic (exact) mass is 354 g/mol. The smallest absolute Gasteiger partial charge is 0.330 e. The number of aromatic nitrogens is 2. The third-order valence-corrected chi connectivity index (χ3v) is 3.36. The third kappa shape index (κ3) is 6.39. The molecular formula is C20H22N2O4. The van der Waals surface area contributed by atoms with E-state index in [1.807, 2.05) is 18.2 Å². The van der Waals surface area contributed by atoms with Crippen molar-refractivity contribution in [2.45, 2.75) is 20.3 Å². The molecule has 26 heavy (non-hydrogen) atoms. The number of nitrogens with one attached hydrogen (secondary N) is 1. The third-order valence-electron chi connectivity index (χ3n) is 3.36. The van der Waals surface area contributed by atoms with Crippen LogP contribution in [0.4, 0.5) is 0 Å². The van der Waals surface area contributed by atoms with E-state index in [0.29, 0.717) is 19.6 Å². The van der Waals surface area contributed by atoms with Crippen LogP contribution >= 0.6 is 0 Å². The van der Waals surface area contributed by atoms with Gasteiger partial charge in [0.25, 0.3) is 0 Å². The highest BCUT2D eigenvalue weighted by Gasteiger charge is 2.03. The Labute approximate surface area is 152 Å². The van der Waals surface area contributed by atoms with Crippen LogP contribution in [0.25, 0.3) is 12.2 Å². The summed E-state index contributed by atoms with van der Waals surface area (Å²) in [5.41, 5.74) is 2.64. The number of imidazole rings is 1. The van der Waals surface area contributed by atoms with Crippen molar-refractivity contribution < 1.29 is 19.1 Å². The number of aromatic amines is 1. The topological polar surface area (TPSA) is 81.3 Å². The second-order valence-corrected chi connectivity index (χ2v) is 5.39. The average molecular weight is 354 g/mol. The largest absolute Gasteiger partial charge is 0.463 e. The first-order chi connectivity index (χ1) is 12.6. The van der Waals surface area contributed by atoms with Crippen molar-refractivity contribution in [1.29, 1.82) is 0 Å². The van der Waals surface area contributed by atoms with Crippen LogP contribution in [0.15, 0.2) is 42.7 Å². The molecule has 1 aromatic carbocycles. The molecular weight excluding hydrogens is 332 g/mol. The highest BCUT2D eigenvalue weighted by atomic mass is 16.5. The molecule has 0 aliphatic carbocycles. The molecule has 2 aromatic rings. The summed E-state index contributed by atoms with van der Waals surface area (Å²) < 4.78 is 9.80. The number of esters is 2. The Bertz CT molecular complexity index is 746. The summed E-state index contributed by atoms with van der Waals surface area (Å²) in [5.74, 6) is 0.0388. The zero-order valence-corrected chi connectivity index (χ0v) is 14.9. The molecule has 1 heterocycles. The van der Waals surface area contributed by atoms with Gasteiger partial charge in [0.1, 0.15) is 5.82 Å². The molecule has 6 nitrogen and oxygen atoms in total. The van der Waals surface area contributed by atoms with Gasteiger partial charge in [-0.1, -0.05) is 12.1 Å². The fourth-order valence-electron chi connectivity index (χ4n) is 2.34. The fraction of sp³-hybridized carbons (Fsp3) is 0.250. The molecule has 0 unspecified atom stereocenters. The minimum Gasteiger partial charge on any atom is -0.463 e. The van der Waals surface area contributed by atoms with Crippen LogP contribution in [0.3, 0.4) is 0 Å². The van der Waals surface area contributed by atoms with Crippen molar-refractivity contribution in [1.82, 2.24) is 9.97 Å². The van der Waals surface area contributed by atoms with Gasteiger partial charge in [-0.05, 0) is 48.8 Å². The average Bonchev–Trinajstić information content (AvgIpc) is 3.12. The SMILES string of the molecule is CCOC(=O)C=Cc1cc(C=CC(=O)OCC)cc(Cc2ncc[nH]2)c1. The maximum atomic E-state index is 11.5. The minimum absolute atomic E-state index is 0.329. The van der Waals surface area contributed by atoms with Gasteiger partial charge in [0.2, 0.25) is 0 Å². The molecule has 0 saturated heterocycles. The number of carbonyl (C=O) groups is 2. The van der Waals surface area contributed by atoms with Crippen LogP contribution in [0, 0.1) is 0 Å². The van der Waals surface area contributed by atoms with Crippen LogP contribution in [-0.4, -0.2) is 35.1 Å². The van der Waals surface area contributed by atoms with Gasteiger partial charge in [-0.15, -0.1) is 0 Å². The normalized spacial score (nSPS) is 11.2. The molecule has 2 rings (SSSR count). The first-order valence-corrected chi connectivity index (χ1v) is 8.42. The maximum Gasteiger partial charge on any atom is 0.330 e. The Balaban J connectivity index is 2.26. The number of nitrogens with zero attached hydrogens (tertiary/aromatic N) is 1. The first-order valence-electron chi connectivity index (χ1n) is 8.42. The summed E-state index contributed by atoms with van der Waals surface area (Å²) in [6.45, 7) is 4.17. The van der Waals surface area contributed by atoms with E-state index >= 15 is 0 Å². The highest BCUT2D eigenvalue weighted by Crippen LogP contribution is 2.16. The number of carbonyl (C=O) groups excluding carboxylic acids is 2. The maximum absolute atomic E-state index is 11.5. The lowest BCUT2D eigenvalue weighted by molar-refractivity contribution is -0.138. The Hall–Kier alpha value is -3.15. The van der Waals surface area contributed by atoms with Gasteiger partial charge < -0.3 is 14.5 Å². The van der Waals surface area contributed by atoms with E-state index in [9.17, 15) is 9.59 Å². The van der Waals surface area contributed by atoms with E-state index in [1.54, 1.807) is 38.4 Å². The van der Waals surface area contributed by atoms with Gasteiger partial charge >= 0.3 is 11.9 Å². The molecule has 1 aromatic heterocycles. The second kappa shape index (κ2) is 9.98. The van der Waals surface area contributed by atoms with Gasteiger partial charge in [0.05, 0.1) is 13.2 Å². The van der Waals surface area contributed by atoms with Gasteiger partial charge in [0.15, 0.2) is 0 Å². The molecule has 136 valence electrons. The van der Waals surface area contributed by atoms with Crippen LogP contribution in [0.5, 0.6) is 0 Å². The highest BCUT2D eigenvalue weighted by molar-refractivity contribution is 5.88. The zero-order chi connectivity index (χ0) is 18.8. The molecule has 0 aliphatic heterocycles. The minimum atomic E-state index is -0.396. The standard InChI is InChI=1S/C20H22N2O4/c1-3-25-19(23)7-5-15-11-16(6-8-20(24)26-4-2)13-17(12-15)14-18-21-9-10-22-18/h5-13H,3-4,14H2,1-2H3,(H,21,22). The van der Waals surface area contributed by atoms with E-state index in [-0.39, 0.29) is 0 Å². The van der Waals surface area contributed by atoms with Crippen LogP contribution in [0.2, 0.25) is 0 Å². The first kappa shape index (κ1) is 19.2. The Morgan fingerprint density at radius 1 is 1.00 bits per heavy atom. The van der Waals surface area contributed by atoms with Crippen LogP contribution in [0.1, 0.15) is 36.4 Å². The Morgan fingerprint density at radius 2 is 1.58 bits per heavy atom. The van der Waals surface area contributed by atoms with Gasteiger partial charge in [-0.3, -0.25) is 0 Å². The van der Waals surface area contributed by atoms with E-state index in [2.05, 4.69) is 9.97 Å². The lowest BCUT2D eigenvalue weighted by Gasteiger charge is -2.05. The number of hydrogen-bond donors (Lipinski definition) is 1. The number of rotatable bonds is 8. The summed E-state index contributed by atoms with van der Waals surface area (Å²) in [4.78, 5) is 30.4. The van der Waals surface area contributed by atoms with E-state index < -0.39 is 11.9 Å². The van der Waals surface area contributed by atoms with Gasteiger partial charge in [0, 0.05) is 31.0 Å². The van der Waals surface area contributed by atoms with Crippen LogP contribution in [-0.2, 0) is 25.5 Å². The number of H-pyrrole nitrogens is 1. The number of ether oxygens (including phenoxy) is 2. The predicted molar refractivity (Wildman–Crippen MR) is 99.2 cm³/mol. The Morgan fingerprint density at radius 3 is 2.04 bits per heavy atom. The molecule has 0 spiro atoms. The van der Waals surface area contributed by atoms with Crippen LogP contribution < -0.4 is 0 Å². The molecule has 0 bridgehead atoms. The van der Waals surface area contributed by atoms with E-state index in [1.165, 1.54) is 12.2 Å². The fourth-order valence-corrected chi connectivity index (χ4v) is 2.34. The van der Waals surface area contributed by atoms with E-state index in [0.717, 1.165) is 22.5 Å². The molecule has 0 atom stereocenters. The van der Waals surface area contributed by atoms with Crippen molar-refractivity contribution >= 4 is 24.1 Å². The number of hydrogen-bond acceptors (Lipinski definition) is 5. The lowest BCUT2D eigenvalue weighted by atomic mass is 10.0. The second-order valence-electron chi connectivity index (χ2n) is 5.39. The van der Waals surface area contributed by atoms with Crippen molar-refractivity contribution in [3.63, 3.8) is 0 Å². The summed E-state index contributed by atoms with van der Waals surface area (Å²) in [7, 11) is 0. The molecule has 0 amide bonds. The lowest BCUT2D eigenvalue weighted by Crippen LogP contribution is -1.99. The van der Waals surface area contributed by atoms with Crippen molar-refractivity contribution in [3.8, 4) is 0 Å². The molecule has 0 saturated carbocycles. The zero-order valence-electron chi connectivity index (χ0n) is 14.9.